The average Bonchev–Trinajstić information content (AvgIpc) is 2.58. The molecule has 0 unspecified atom stereocenters. The SMILES string of the molecule is O=S(=O)(c1ccccc1)N1CCN(Cc2ccncc2Cl)CC1. The molecule has 0 atom stereocenters. The molecule has 23 heavy (non-hydrogen) atoms. The summed E-state index contributed by atoms with van der Waals surface area (Å²) < 4.78 is 26.7. The third-order valence-electron chi connectivity index (χ3n) is 3.96. The van der Waals surface area contributed by atoms with Crippen molar-refractivity contribution < 1.29 is 8.42 Å². The molecular weight excluding hydrogens is 334 g/mol. The van der Waals surface area contributed by atoms with Crippen LogP contribution in [0, 0.1) is 0 Å². The summed E-state index contributed by atoms with van der Waals surface area (Å²) in [6, 6.07) is 10.5. The quantitative estimate of drug-likeness (QED) is 0.847. The van der Waals surface area contributed by atoms with Crippen LogP contribution < -0.4 is 0 Å². The van der Waals surface area contributed by atoms with Gasteiger partial charge in [0.1, 0.15) is 0 Å². The van der Waals surface area contributed by atoms with Crippen molar-refractivity contribution in [3.63, 3.8) is 0 Å². The first-order valence-corrected chi connectivity index (χ1v) is 9.25. The van der Waals surface area contributed by atoms with E-state index in [0.717, 1.165) is 5.56 Å². The second-order valence-electron chi connectivity index (χ2n) is 5.46. The van der Waals surface area contributed by atoms with E-state index in [9.17, 15) is 8.42 Å². The number of pyridine rings is 1. The van der Waals surface area contributed by atoms with E-state index in [1.807, 2.05) is 12.1 Å². The van der Waals surface area contributed by atoms with Crippen molar-refractivity contribution in [1.29, 1.82) is 0 Å². The Morgan fingerprint density at radius 1 is 1.04 bits per heavy atom. The van der Waals surface area contributed by atoms with Crippen molar-refractivity contribution in [3.8, 4) is 0 Å². The van der Waals surface area contributed by atoms with Crippen LogP contribution in [0.25, 0.3) is 0 Å². The lowest BCUT2D eigenvalue weighted by Crippen LogP contribution is -2.48. The molecule has 1 aliphatic rings. The van der Waals surface area contributed by atoms with Crippen LogP contribution in [0.4, 0.5) is 0 Å². The monoisotopic (exact) mass is 351 g/mol. The molecule has 5 nitrogen and oxygen atoms in total. The van der Waals surface area contributed by atoms with Crippen LogP contribution in [0.2, 0.25) is 5.02 Å². The van der Waals surface area contributed by atoms with E-state index < -0.39 is 10.0 Å². The summed E-state index contributed by atoms with van der Waals surface area (Å²) in [6.07, 6.45) is 3.35. The molecule has 0 bridgehead atoms. The van der Waals surface area contributed by atoms with Gasteiger partial charge in [-0.2, -0.15) is 4.31 Å². The van der Waals surface area contributed by atoms with Crippen molar-refractivity contribution in [2.45, 2.75) is 11.4 Å². The van der Waals surface area contributed by atoms with E-state index in [1.165, 1.54) is 0 Å². The molecule has 0 spiro atoms. The van der Waals surface area contributed by atoms with E-state index in [2.05, 4.69) is 9.88 Å². The summed E-state index contributed by atoms with van der Waals surface area (Å²) >= 11 is 6.13. The third-order valence-corrected chi connectivity index (χ3v) is 6.22. The number of benzene rings is 1. The zero-order valence-corrected chi connectivity index (χ0v) is 14.2. The van der Waals surface area contributed by atoms with Gasteiger partial charge in [0.15, 0.2) is 0 Å². The van der Waals surface area contributed by atoms with Crippen LogP contribution in [0.3, 0.4) is 0 Å². The Morgan fingerprint density at radius 3 is 2.39 bits per heavy atom. The molecule has 1 saturated heterocycles. The number of hydrogen-bond acceptors (Lipinski definition) is 4. The van der Waals surface area contributed by atoms with Gasteiger partial charge in [0, 0.05) is 45.1 Å². The molecule has 1 aromatic carbocycles. The lowest BCUT2D eigenvalue weighted by Gasteiger charge is -2.34. The van der Waals surface area contributed by atoms with Gasteiger partial charge in [-0.3, -0.25) is 9.88 Å². The second kappa shape index (κ2) is 6.97. The van der Waals surface area contributed by atoms with Crippen LogP contribution >= 0.6 is 11.6 Å². The molecule has 122 valence electrons. The zero-order valence-electron chi connectivity index (χ0n) is 12.6. The van der Waals surface area contributed by atoms with Crippen LogP contribution in [-0.2, 0) is 16.6 Å². The Balaban J connectivity index is 1.64. The van der Waals surface area contributed by atoms with E-state index >= 15 is 0 Å². The maximum Gasteiger partial charge on any atom is 0.243 e. The Kier molecular flexibility index (Phi) is 4.96. The summed E-state index contributed by atoms with van der Waals surface area (Å²) in [5.41, 5.74) is 1.01. The minimum absolute atomic E-state index is 0.352. The minimum atomic E-state index is -3.40. The van der Waals surface area contributed by atoms with Crippen LogP contribution in [-0.4, -0.2) is 48.8 Å². The molecule has 2 heterocycles. The summed E-state index contributed by atoms with van der Waals surface area (Å²) in [5, 5.41) is 0.645. The molecule has 0 saturated carbocycles. The highest BCUT2D eigenvalue weighted by atomic mass is 35.5. The lowest BCUT2D eigenvalue weighted by molar-refractivity contribution is 0.181. The van der Waals surface area contributed by atoms with Gasteiger partial charge < -0.3 is 0 Å². The first kappa shape index (κ1) is 16.4. The zero-order chi connectivity index (χ0) is 16.3. The number of sulfonamides is 1. The van der Waals surface area contributed by atoms with Gasteiger partial charge in [-0.25, -0.2) is 8.42 Å². The number of nitrogens with zero attached hydrogens (tertiary/aromatic N) is 3. The van der Waals surface area contributed by atoms with Gasteiger partial charge in [0.2, 0.25) is 10.0 Å². The fraction of sp³-hybridized carbons (Fsp3) is 0.312. The normalized spacial score (nSPS) is 17.3. The Morgan fingerprint density at radius 2 is 1.74 bits per heavy atom. The maximum absolute atomic E-state index is 12.6. The van der Waals surface area contributed by atoms with Gasteiger partial charge in [0.05, 0.1) is 9.92 Å². The van der Waals surface area contributed by atoms with Gasteiger partial charge in [-0.05, 0) is 23.8 Å². The largest absolute Gasteiger partial charge is 0.296 e. The van der Waals surface area contributed by atoms with Gasteiger partial charge >= 0.3 is 0 Å². The number of hydrogen-bond donors (Lipinski definition) is 0. The maximum atomic E-state index is 12.6. The number of halogens is 1. The molecule has 1 fully saturated rings. The topological polar surface area (TPSA) is 53.5 Å². The fourth-order valence-corrected chi connectivity index (χ4v) is 4.26. The minimum Gasteiger partial charge on any atom is -0.296 e. The summed E-state index contributed by atoms with van der Waals surface area (Å²) in [5.74, 6) is 0. The predicted octanol–water partition coefficient (Wildman–Crippen LogP) is 2.24. The van der Waals surface area contributed by atoms with Crippen molar-refractivity contribution in [2.24, 2.45) is 0 Å². The fourth-order valence-electron chi connectivity index (χ4n) is 2.64. The van der Waals surface area contributed by atoms with E-state index in [4.69, 9.17) is 11.6 Å². The Labute approximate surface area is 141 Å². The number of aromatic nitrogens is 1. The van der Waals surface area contributed by atoms with Crippen LogP contribution in [0.15, 0.2) is 53.7 Å². The molecule has 7 heteroatoms. The van der Waals surface area contributed by atoms with Crippen molar-refractivity contribution >= 4 is 21.6 Å². The van der Waals surface area contributed by atoms with Gasteiger partial charge in [0.25, 0.3) is 0 Å². The molecular formula is C16H18ClN3O2S. The van der Waals surface area contributed by atoms with Crippen molar-refractivity contribution in [2.75, 3.05) is 26.2 Å². The molecule has 2 aromatic rings. The third kappa shape index (κ3) is 3.72. The highest BCUT2D eigenvalue weighted by Gasteiger charge is 2.28. The van der Waals surface area contributed by atoms with Gasteiger partial charge in [-0.1, -0.05) is 29.8 Å². The molecule has 0 radical (unpaired) electrons. The highest BCUT2D eigenvalue weighted by Crippen LogP contribution is 2.20. The predicted molar refractivity (Wildman–Crippen MR) is 89.7 cm³/mol. The molecule has 1 aromatic heterocycles. The molecule has 0 amide bonds. The smallest absolute Gasteiger partial charge is 0.243 e. The summed E-state index contributed by atoms with van der Waals surface area (Å²) in [7, 11) is -3.40. The number of rotatable bonds is 4. The first-order chi connectivity index (χ1) is 11.1. The number of piperazine rings is 1. The molecule has 1 aliphatic heterocycles. The van der Waals surface area contributed by atoms with E-state index in [0.29, 0.717) is 42.6 Å². The lowest BCUT2D eigenvalue weighted by atomic mass is 10.2. The molecule has 0 N–H and O–H groups in total. The van der Waals surface area contributed by atoms with E-state index in [1.54, 1.807) is 41.0 Å². The highest BCUT2D eigenvalue weighted by molar-refractivity contribution is 7.89. The van der Waals surface area contributed by atoms with Gasteiger partial charge in [-0.15, -0.1) is 0 Å². The molecule has 0 aliphatic carbocycles. The van der Waals surface area contributed by atoms with Crippen LogP contribution in [0.1, 0.15) is 5.56 Å². The Bertz CT molecular complexity index is 760. The van der Waals surface area contributed by atoms with Crippen LogP contribution in [0.5, 0.6) is 0 Å². The second-order valence-corrected chi connectivity index (χ2v) is 7.81. The standard InChI is InChI=1S/C16H18ClN3O2S/c17-16-12-18-7-6-14(16)13-19-8-10-20(11-9-19)23(21,22)15-4-2-1-3-5-15/h1-7,12H,8-11,13H2. The average molecular weight is 352 g/mol. The summed E-state index contributed by atoms with van der Waals surface area (Å²) in [4.78, 5) is 6.54. The summed E-state index contributed by atoms with van der Waals surface area (Å²) in [6.45, 7) is 3.05. The van der Waals surface area contributed by atoms with Crippen molar-refractivity contribution in [1.82, 2.24) is 14.2 Å². The van der Waals surface area contributed by atoms with Crippen molar-refractivity contribution in [3.05, 3.63) is 59.4 Å². The first-order valence-electron chi connectivity index (χ1n) is 7.43. The van der Waals surface area contributed by atoms with E-state index in [-0.39, 0.29) is 0 Å². The molecule has 3 rings (SSSR count). The Hall–Kier alpha value is -1.47.